The lowest BCUT2D eigenvalue weighted by molar-refractivity contribution is 0.0750. The highest BCUT2D eigenvalue weighted by atomic mass is 16.2. The molecule has 1 amide bonds. The fraction of sp³-hybridized carbons (Fsp3) is 0.357. The third-order valence-electron chi connectivity index (χ3n) is 3.43. The molecule has 1 aromatic carbocycles. The van der Waals surface area contributed by atoms with E-state index < -0.39 is 0 Å². The Labute approximate surface area is 106 Å². The summed E-state index contributed by atoms with van der Waals surface area (Å²) < 4.78 is 0. The SMILES string of the molecule is O=C(NN1CCCCC1)c1ccc2cc[nH]c2c1. The number of nitrogens with zero attached hydrogens (tertiary/aromatic N) is 1. The number of carbonyl (C=O) groups excluding carboxylic acids is 1. The number of hydrogen-bond acceptors (Lipinski definition) is 2. The molecule has 0 atom stereocenters. The van der Waals surface area contributed by atoms with Gasteiger partial charge in [0.25, 0.3) is 5.91 Å². The highest BCUT2D eigenvalue weighted by Gasteiger charge is 2.14. The van der Waals surface area contributed by atoms with Crippen molar-refractivity contribution in [3.63, 3.8) is 0 Å². The molecular formula is C14H17N3O. The molecule has 2 N–H and O–H groups in total. The maximum absolute atomic E-state index is 12.1. The second-order valence-electron chi connectivity index (χ2n) is 4.77. The standard InChI is InChI=1S/C14H17N3O/c18-14(16-17-8-2-1-3-9-17)12-5-4-11-6-7-15-13(11)10-12/h4-7,10,15H,1-3,8-9H2,(H,16,18). The fourth-order valence-electron chi connectivity index (χ4n) is 2.40. The minimum absolute atomic E-state index is 0.0200. The van der Waals surface area contributed by atoms with Gasteiger partial charge in [-0.05, 0) is 36.4 Å². The first-order valence-corrected chi connectivity index (χ1v) is 6.46. The van der Waals surface area contributed by atoms with Crippen LogP contribution in [0, 0.1) is 0 Å². The van der Waals surface area contributed by atoms with Crippen LogP contribution in [0.5, 0.6) is 0 Å². The summed E-state index contributed by atoms with van der Waals surface area (Å²) in [5, 5.41) is 3.15. The third-order valence-corrected chi connectivity index (χ3v) is 3.43. The molecule has 1 aliphatic heterocycles. The molecule has 0 radical (unpaired) electrons. The minimum Gasteiger partial charge on any atom is -0.361 e. The van der Waals surface area contributed by atoms with Gasteiger partial charge >= 0.3 is 0 Å². The van der Waals surface area contributed by atoms with Gasteiger partial charge in [-0.1, -0.05) is 12.5 Å². The molecular weight excluding hydrogens is 226 g/mol. The van der Waals surface area contributed by atoms with Gasteiger partial charge in [0.2, 0.25) is 0 Å². The predicted octanol–water partition coefficient (Wildman–Crippen LogP) is 2.30. The summed E-state index contributed by atoms with van der Waals surface area (Å²) in [5.41, 5.74) is 4.68. The summed E-state index contributed by atoms with van der Waals surface area (Å²) in [5.74, 6) is -0.0200. The predicted molar refractivity (Wildman–Crippen MR) is 71.2 cm³/mol. The number of benzene rings is 1. The maximum atomic E-state index is 12.1. The zero-order valence-electron chi connectivity index (χ0n) is 10.3. The number of H-pyrrole nitrogens is 1. The minimum atomic E-state index is -0.0200. The Hall–Kier alpha value is -1.81. The number of rotatable bonds is 2. The first-order valence-electron chi connectivity index (χ1n) is 6.46. The highest BCUT2D eigenvalue weighted by Crippen LogP contribution is 2.14. The Balaban J connectivity index is 1.74. The van der Waals surface area contributed by atoms with E-state index in [9.17, 15) is 4.79 Å². The Morgan fingerprint density at radius 1 is 1.17 bits per heavy atom. The van der Waals surface area contributed by atoms with E-state index >= 15 is 0 Å². The van der Waals surface area contributed by atoms with Crippen molar-refractivity contribution in [3.05, 3.63) is 36.0 Å². The third kappa shape index (κ3) is 2.24. The van der Waals surface area contributed by atoms with E-state index in [2.05, 4.69) is 10.4 Å². The van der Waals surface area contributed by atoms with Crippen LogP contribution >= 0.6 is 0 Å². The summed E-state index contributed by atoms with van der Waals surface area (Å²) in [6.45, 7) is 1.91. The zero-order chi connectivity index (χ0) is 12.4. The Kier molecular flexibility index (Phi) is 3.02. The van der Waals surface area contributed by atoms with Crippen molar-refractivity contribution in [2.24, 2.45) is 0 Å². The van der Waals surface area contributed by atoms with Gasteiger partial charge in [-0.25, -0.2) is 5.01 Å². The summed E-state index contributed by atoms with van der Waals surface area (Å²) in [7, 11) is 0. The van der Waals surface area contributed by atoms with Crippen molar-refractivity contribution >= 4 is 16.8 Å². The monoisotopic (exact) mass is 243 g/mol. The van der Waals surface area contributed by atoms with Crippen molar-refractivity contribution in [2.75, 3.05) is 13.1 Å². The van der Waals surface area contributed by atoms with Crippen LogP contribution in [0.4, 0.5) is 0 Å². The molecule has 1 saturated heterocycles. The van der Waals surface area contributed by atoms with E-state index in [0.717, 1.165) is 36.8 Å². The van der Waals surface area contributed by atoms with Crippen LogP contribution in [0.25, 0.3) is 10.9 Å². The van der Waals surface area contributed by atoms with Crippen molar-refractivity contribution in [3.8, 4) is 0 Å². The molecule has 4 heteroatoms. The van der Waals surface area contributed by atoms with Crippen LogP contribution < -0.4 is 5.43 Å². The first-order chi connectivity index (χ1) is 8.83. The molecule has 3 rings (SSSR count). The van der Waals surface area contributed by atoms with Crippen LogP contribution in [-0.2, 0) is 0 Å². The molecule has 0 saturated carbocycles. The fourth-order valence-corrected chi connectivity index (χ4v) is 2.40. The lowest BCUT2D eigenvalue weighted by Crippen LogP contribution is -2.45. The van der Waals surface area contributed by atoms with Crippen LogP contribution in [0.15, 0.2) is 30.5 Å². The number of fused-ring (bicyclic) bond motifs is 1. The van der Waals surface area contributed by atoms with Gasteiger partial charge in [-0.3, -0.25) is 10.2 Å². The second kappa shape index (κ2) is 4.82. The quantitative estimate of drug-likeness (QED) is 0.850. The Bertz CT molecular complexity index is 555. The largest absolute Gasteiger partial charge is 0.361 e. The number of amides is 1. The topological polar surface area (TPSA) is 48.1 Å². The number of hydrogen-bond donors (Lipinski definition) is 2. The smallest absolute Gasteiger partial charge is 0.265 e. The molecule has 94 valence electrons. The molecule has 0 unspecified atom stereocenters. The Morgan fingerprint density at radius 2 is 2.00 bits per heavy atom. The van der Waals surface area contributed by atoms with Gasteiger partial charge in [-0.2, -0.15) is 0 Å². The van der Waals surface area contributed by atoms with Crippen molar-refractivity contribution in [2.45, 2.75) is 19.3 Å². The zero-order valence-corrected chi connectivity index (χ0v) is 10.3. The maximum Gasteiger partial charge on any atom is 0.265 e. The molecule has 2 heterocycles. The second-order valence-corrected chi connectivity index (χ2v) is 4.77. The average Bonchev–Trinajstić information content (AvgIpc) is 2.87. The molecule has 1 aliphatic rings. The molecule has 1 aromatic heterocycles. The summed E-state index contributed by atoms with van der Waals surface area (Å²) in [6, 6.07) is 7.74. The van der Waals surface area contributed by atoms with Crippen molar-refractivity contribution in [1.29, 1.82) is 0 Å². The van der Waals surface area contributed by atoms with Crippen LogP contribution in [0.1, 0.15) is 29.6 Å². The van der Waals surface area contributed by atoms with E-state index in [0.29, 0.717) is 5.56 Å². The van der Waals surface area contributed by atoms with Gasteiger partial charge in [0.1, 0.15) is 0 Å². The number of hydrazine groups is 1. The molecule has 0 aliphatic carbocycles. The van der Waals surface area contributed by atoms with Crippen LogP contribution in [0.3, 0.4) is 0 Å². The van der Waals surface area contributed by atoms with E-state index in [-0.39, 0.29) is 5.91 Å². The summed E-state index contributed by atoms with van der Waals surface area (Å²) >= 11 is 0. The van der Waals surface area contributed by atoms with E-state index in [1.807, 2.05) is 35.5 Å². The van der Waals surface area contributed by atoms with E-state index in [1.165, 1.54) is 6.42 Å². The number of piperidine rings is 1. The lowest BCUT2D eigenvalue weighted by atomic mass is 10.1. The van der Waals surface area contributed by atoms with E-state index in [1.54, 1.807) is 0 Å². The molecule has 0 bridgehead atoms. The highest BCUT2D eigenvalue weighted by molar-refractivity contribution is 5.97. The van der Waals surface area contributed by atoms with Gasteiger partial charge in [0, 0.05) is 30.4 Å². The molecule has 0 spiro atoms. The average molecular weight is 243 g/mol. The van der Waals surface area contributed by atoms with Gasteiger partial charge in [-0.15, -0.1) is 0 Å². The number of carbonyl (C=O) groups is 1. The van der Waals surface area contributed by atoms with Crippen molar-refractivity contribution < 1.29 is 4.79 Å². The normalized spacial score (nSPS) is 16.9. The van der Waals surface area contributed by atoms with Crippen LogP contribution in [-0.4, -0.2) is 29.0 Å². The molecule has 2 aromatic rings. The van der Waals surface area contributed by atoms with Gasteiger partial charge in [0.15, 0.2) is 0 Å². The van der Waals surface area contributed by atoms with Crippen LogP contribution in [0.2, 0.25) is 0 Å². The molecule has 4 nitrogen and oxygen atoms in total. The Morgan fingerprint density at radius 3 is 2.83 bits per heavy atom. The number of aromatic nitrogens is 1. The van der Waals surface area contributed by atoms with Gasteiger partial charge < -0.3 is 4.98 Å². The number of nitrogens with one attached hydrogen (secondary N) is 2. The van der Waals surface area contributed by atoms with Gasteiger partial charge in [0.05, 0.1) is 0 Å². The molecule has 18 heavy (non-hydrogen) atoms. The molecule has 1 fully saturated rings. The first kappa shape index (κ1) is 11.3. The summed E-state index contributed by atoms with van der Waals surface area (Å²) in [6.07, 6.45) is 5.48. The lowest BCUT2D eigenvalue weighted by Gasteiger charge is -2.26. The summed E-state index contributed by atoms with van der Waals surface area (Å²) in [4.78, 5) is 15.2. The number of aromatic amines is 1. The van der Waals surface area contributed by atoms with E-state index in [4.69, 9.17) is 0 Å². The van der Waals surface area contributed by atoms with Crippen molar-refractivity contribution in [1.82, 2.24) is 15.4 Å².